The molecule has 1 unspecified atom stereocenters. The number of halogens is 3. The van der Waals surface area contributed by atoms with Crippen LogP contribution in [0.1, 0.15) is 19.4 Å². The molecule has 7 heteroatoms. The maximum Gasteiger partial charge on any atom is 0.416 e. The van der Waals surface area contributed by atoms with Crippen molar-refractivity contribution in [2.45, 2.75) is 26.1 Å². The van der Waals surface area contributed by atoms with Crippen LogP contribution in [-0.2, 0) is 6.18 Å². The van der Waals surface area contributed by atoms with Crippen LogP contribution in [0, 0.1) is 17.2 Å². The van der Waals surface area contributed by atoms with Crippen molar-refractivity contribution in [3.8, 4) is 6.07 Å². The van der Waals surface area contributed by atoms with Crippen molar-refractivity contribution in [1.29, 1.82) is 5.26 Å². The first kappa shape index (κ1) is 15.8. The number of alkyl halides is 3. The lowest BCUT2D eigenvalue weighted by Gasteiger charge is -2.16. The Morgan fingerprint density at radius 2 is 2.00 bits per heavy atom. The normalized spacial score (nSPS) is 12.7. The zero-order valence-corrected chi connectivity index (χ0v) is 11.0. The molecule has 0 aromatic heterocycles. The second-order valence-corrected chi connectivity index (χ2v) is 4.53. The quantitative estimate of drug-likeness (QED) is 0.894. The van der Waals surface area contributed by atoms with Gasteiger partial charge in [0.15, 0.2) is 0 Å². The van der Waals surface area contributed by atoms with E-state index in [-0.39, 0.29) is 11.6 Å². The molecule has 0 aliphatic heterocycles. The van der Waals surface area contributed by atoms with Gasteiger partial charge in [-0.05, 0) is 24.1 Å². The average Bonchev–Trinajstić information content (AvgIpc) is 2.34. The standard InChI is InChI=1S/C13H14F3N3O/c1-8(2)11(7-17)19-12(20)18-10-5-3-4-9(6-10)13(14,15)16/h3-6,8,11H,1-2H3,(H2,18,19,20). The number of rotatable bonds is 3. The minimum Gasteiger partial charge on any atom is -0.322 e. The van der Waals surface area contributed by atoms with Gasteiger partial charge in [-0.3, -0.25) is 0 Å². The largest absolute Gasteiger partial charge is 0.416 e. The second kappa shape index (κ2) is 6.28. The third-order valence-electron chi connectivity index (χ3n) is 2.54. The Morgan fingerprint density at radius 1 is 1.35 bits per heavy atom. The average molecular weight is 285 g/mol. The third-order valence-corrected chi connectivity index (χ3v) is 2.54. The molecule has 20 heavy (non-hydrogen) atoms. The van der Waals surface area contributed by atoms with E-state index in [1.807, 2.05) is 6.07 Å². The lowest BCUT2D eigenvalue weighted by molar-refractivity contribution is -0.137. The van der Waals surface area contributed by atoms with Gasteiger partial charge < -0.3 is 10.6 Å². The summed E-state index contributed by atoms with van der Waals surface area (Å²) in [6, 6.07) is 4.75. The summed E-state index contributed by atoms with van der Waals surface area (Å²) in [6.07, 6.45) is -4.47. The summed E-state index contributed by atoms with van der Waals surface area (Å²) >= 11 is 0. The number of nitrogens with one attached hydrogen (secondary N) is 2. The fraction of sp³-hybridized carbons (Fsp3) is 0.385. The minimum atomic E-state index is -4.47. The van der Waals surface area contributed by atoms with Crippen molar-refractivity contribution in [2.75, 3.05) is 5.32 Å². The molecule has 0 fully saturated rings. The van der Waals surface area contributed by atoms with Gasteiger partial charge in [0.25, 0.3) is 0 Å². The topological polar surface area (TPSA) is 64.9 Å². The maximum atomic E-state index is 12.5. The molecule has 1 atom stereocenters. The van der Waals surface area contributed by atoms with Gasteiger partial charge in [-0.25, -0.2) is 4.79 Å². The van der Waals surface area contributed by atoms with E-state index >= 15 is 0 Å². The molecule has 108 valence electrons. The Bertz CT molecular complexity index is 520. The molecular formula is C13H14F3N3O. The molecule has 0 saturated carbocycles. The van der Waals surface area contributed by atoms with Crippen molar-refractivity contribution in [3.05, 3.63) is 29.8 Å². The van der Waals surface area contributed by atoms with Crippen molar-refractivity contribution in [1.82, 2.24) is 5.32 Å². The Balaban J connectivity index is 2.75. The van der Waals surface area contributed by atoms with Crippen molar-refractivity contribution in [3.63, 3.8) is 0 Å². The number of benzene rings is 1. The molecule has 0 aliphatic rings. The van der Waals surface area contributed by atoms with Gasteiger partial charge >= 0.3 is 12.2 Å². The summed E-state index contributed by atoms with van der Waals surface area (Å²) in [4.78, 5) is 11.6. The minimum absolute atomic E-state index is 0.0118. The van der Waals surface area contributed by atoms with Gasteiger partial charge in [-0.1, -0.05) is 19.9 Å². The predicted molar refractivity (Wildman–Crippen MR) is 67.8 cm³/mol. The number of hydrogen-bond acceptors (Lipinski definition) is 2. The fourth-order valence-corrected chi connectivity index (χ4v) is 1.43. The van der Waals surface area contributed by atoms with Gasteiger partial charge in [0.05, 0.1) is 11.6 Å². The van der Waals surface area contributed by atoms with Crippen molar-refractivity contribution < 1.29 is 18.0 Å². The van der Waals surface area contributed by atoms with Gasteiger partial charge in [0.2, 0.25) is 0 Å². The van der Waals surface area contributed by atoms with Crippen molar-refractivity contribution in [2.24, 2.45) is 5.92 Å². The van der Waals surface area contributed by atoms with Crippen LogP contribution >= 0.6 is 0 Å². The third kappa shape index (κ3) is 4.46. The molecule has 0 radical (unpaired) electrons. The van der Waals surface area contributed by atoms with Crippen LogP contribution in [0.25, 0.3) is 0 Å². The number of nitriles is 1. The molecule has 0 spiro atoms. The molecule has 0 bridgehead atoms. The van der Waals surface area contributed by atoms with Crippen LogP contribution in [0.4, 0.5) is 23.7 Å². The highest BCUT2D eigenvalue weighted by atomic mass is 19.4. The summed E-state index contributed by atoms with van der Waals surface area (Å²) in [5.41, 5.74) is -0.839. The van der Waals surface area contributed by atoms with E-state index in [4.69, 9.17) is 5.26 Å². The molecule has 1 aromatic carbocycles. The number of carbonyl (C=O) groups excluding carboxylic acids is 1. The van der Waals surface area contributed by atoms with E-state index < -0.39 is 23.8 Å². The molecule has 0 heterocycles. The first-order chi connectivity index (χ1) is 9.24. The van der Waals surface area contributed by atoms with Gasteiger partial charge in [0.1, 0.15) is 6.04 Å². The van der Waals surface area contributed by atoms with Crippen LogP contribution in [0.15, 0.2) is 24.3 Å². The van der Waals surface area contributed by atoms with Crippen LogP contribution < -0.4 is 10.6 Å². The second-order valence-electron chi connectivity index (χ2n) is 4.53. The van der Waals surface area contributed by atoms with Gasteiger partial charge in [0, 0.05) is 5.69 Å². The lowest BCUT2D eigenvalue weighted by Crippen LogP contribution is -2.40. The lowest BCUT2D eigenvalue weighted by atomic mass is 10.1. The molecule has 4 nitrogen and oxygen atoms in total. The molecule has 2 amide bonds. The van der Waals surface area contributed by atoms with Crippen LogP contribution in [0.2, 0.25) is 0 Å². The molecule has 0 aliphatic carbocycles. The highest BCUT2D eigenvalue weighted by molar-refractivity contribution is 5.89. The summed E-state index contributed by atoms with van der Waals surface area (Å²) in [7, 11) is 0. The number of amides is 2. The molecule has 1 aromatic rings. The SMILES string of the molecule is CC(C)C(C#N)NC(=O)Nc1cccc(C(F)(F)F)c1. The number of urea groups is 1. The van der Waals surface area contributed by atoms with E-state index in [0.29, 0.717) is 0 Å². The molecule has 2 N–H and O–H groups in total. The Kier molecular flexibility index (Phi) is 4.97. The maximum absolute atomic E-state index is 12.5. The number of hydrogen-bond donors (Lipinski definition) is 2. The summed E-state index contributed by atoms with van der Waals surface area (Å²) in [5, 5.41) is 13.5. The number of nitrogens with zero attached hydrogens (tertiary/aromatic N) is 1. The Labute approximate surface area is 114 Å². The van der Waals surface area contributed by atoms with Crippen LogP contribution in [0.5, 0.6) is 0 Å². The molecule has 0 saturated heterocycles. The summed E-state index contributed by atoms with van der Waals surface area (Å²) in [5.74, 6) is -0.104. The zero-order chi connectivity index (χ0) is 15.3. The van der Waals surface area contributed by atoms with E-state index in [1.54, 1.807) is 13.8 Å². The number of anilines is 1. The van der Waals surface area contributed by atoms with Crippen LogP contribution in [0.3, 0.4) is 0 Å². The van der Waals surface area contributed by atoms with E-state index in [0.717, 1.165) is 12.1 Å². The van der Waals surface area contributed by atoms with Crippen LogP contribution in [-0.4, -0.2) is 12.1 Å². The predicted octanol–water partition coefficient (Wildman–Crippen LogP) is 3.38. The Morgan fingerprint density at radius 3 is 2.50 bits per heavy atom. The highest BCUT2D eigenvalue weighted by Crippen LogP contribution is 2.30. The smallest absolute Gasteiger partial charge is 0.322 e. The number of carbonyl (C=O) groups is 1. The fourth-order valence-electron chi connectivity index (χ4n) is 1.43. The summed E-state index contributed by atoms with van der Waals surface area (Å²) < 4.78 is 37.5. The van der Waals surface area contributed by atoms with E-state index in [1.165, 1.54) is 12.1 Å². The summed E-state index contributed by atoms with van der Waals surface area (Å²) in [6.45, 7) is 3.50. The first-order valence-corrected chi connectivity index (χ1v) is 5.88. The molecular weight excluding hydrogens is 271 g/mol. The highest BCUT2D eigenvalue weighted by Gasteiger charge is 2.30. The first-order valence-electron chi connectivity index (χ1n) is 5.88. The van der Waals surface area contributed by atoms with Gasteiger partial charge in [-0.15, -0.1) is 0 Å². The molecule has 1 rings (SSSR count). The van der Waals surface area contributed by atoms with E-state index in [9.17, 15) is 18.0 Å². The zero-order valence-electron chi connectivity index (χ0n) is 11.0. The van der Waals surface area contributed by atoms with E-state index in [2.05, 4.69) is 10.6 Å². The Hall–Kier alpha value is -2.23. The van der Waals surface area contributed by atoms with Gasteiger partial charge in [-0.2, -0.15) is 18.4 Å². The monoisotopic (exact) mass is 285 g/mol. The van der Waals surface area contributed by atoms with Crippen molar-refractivity contribution >= 4 is 11.7 Å².